The molecule has 150 valence electrons. The summed E-state index contributed by atoms with van der Waals surface area (Å²) in [5.74, 6) is -1.27. The molecule has 0 saturated carbocycles. The molecule has 0 heterocycles. The molecule has 0 bridgehead atoms. The van der Waals surface area contributed by atoms with Gasteiger partial charge in [-0.3, -0.25) is 4.72 Å². The molecule has 0 spiro atoms. The predicted molar refractivity (Wildman–Crippen MR) is 101 cm³/mol. The van der Waals surface area contributed by atoms with Gasteiger partial charge in [0.2, 0.25) is 0 Å². The van der Waals surface area contributed by atoms with Gasteiger partial charge in [-0.05, 0) is 53.6 Å². The standard InChI is InChI=1S/C20H14F3NO4S/c21-20(22,23)16-7-1-4-13(10-16)14-5-2-8-17(11-14)24-29(27,28)18-9-3-6-15(12-18)19(25)26/h1-12,24H,(H,25,26). The Bertz CT molecular complexity index is 1170. The molecule has 0 aromatic heterocycles. The molecule has 0 saturated heterocycles. The molecule has 0 unspecified atom stereocenters. The second-order valence-corrected chi connectivity index (χ2v) is 7.78. The number of nitrogens with one attached hydrogen (secondary N) is 1. The Kier molecular flexibility index (Phi) is 5.34. The van der Waals surface area contributed by atoms with Crippen LogP contribution in [-0.2, 0) is 16.2 Å². The highest BCUT2D eigenvalue weighted by atomic mass is 32.2. The van der Waals surface area contributed by atoms with Crippen molar-refractivity contribution in [1.29, 1.82) is 0 Å². The number of anilines is 1. The number of carboxylic acids is 1. The third-order valence-corrected chi connectivity index (χ3v) is 5.41. The number of hydrogen-bond donors (Lipinski definition) is 2. The van der Waals surface area contributed by atoms with Crippen molar-refractivity contribution >= 4 is 21.7 Å². The number of carbonyl (C=O) groups is 1. The summed E-state index contributed by atoms with van der Waals surface area (Å²) >= 11 is 0. The molecular weight excluding hydrogens is 407 g/mol. The Morgan fingerprint density at radius 2 is 1.48 bits per heavy atom. The molecule has 0 aliphatic carbocycles. The van der Waals surface area contributed by atoms with Gasteiger partial charge in [0, 0.05) is 5.69 Å². The van der Waals surface area contributed by atoms with Crippen molar-refractivity contribution in [3.63, 3.8) is 0 Å². The summed E-state index contributed by atoms with van der Waals surface area (Å²) < 4.78 is 66.2. The molecule has 0 radical (unpaired) electrons. The van der Waals surface area contributed by atoms with Crippen LogP contribution in [0.4, 0.5) is 18.9 Å². The molecule has 5 nitrogen and oxygen atoms in total. The fourth-order valence-corrected chi connectivity index (χ4v) is 3.74. The monoisotopic (exact) mass is 421 g/mol. The highest BCUT2D eigenvalue weighted by Crippen LogP contribution is 2.33. The summed E-state index contributed by atoms with van der Waals surface area (Å²) in [4.78, 5) is 10.8. The number of sulfonamides is 1. The summed E-state index contributed by atoms with van der Waals surface area (Å²) in [6.45, 7) is 0. The fourth-order valence-electron chi connectivity index (χ4n) is 2.65. The van der Waals surface area contributed by atoms with Crippen LogP contribution in [0.5, 0.6) is 0 Å². The highest BCUT2D eigenvalue weighted by Gasteiger charge is 2.30. The minimum atomic E-state index is -4.50. The van der Waals surface area contributed by atoms with Crippen molar-refractivity contribution in [3.05, 3.63) is 83.9 Å². The lowest BCUT2D eigenvalue weighted by atomic mass is 10.0. The van der Waals surface area contributed by atoms with E-state index in [4.69, 9.17) is 5.11 Å². The molecule has 0 amide bonds. The van der Waals surface area contributed by atoms with Gasteiger partial charge in [-0.15, -0.1) is 0 Å². The van der Waals surface area contributed by atoms with Gasteiger partial charge in [-0.2, -0.15) is 13.2 Å². The SMILES string of the molecule is O=C(O)c1cccc(S(=O)(=O)Nc2cccc(-c3cccc(C(F)(F)F)c3)c2)c1. The normalized spacial score (nSPS) is 11.8. The number of benzene rings is 3. The molecule has 3 aromatic carbocycles. The first-order chi connectivity index (χ1) is 13.6. The van der Waals surface area contributed by atoms with Gasteiger partial charge in [0.05, 0.1) is 16.0 Å². The van der Waals surface area contributed by atoms with Crippen LogP contribution in [0.1, 0.15) is 15.9 Å². The molecule has 9 heteroatoms. The summed E-state index contributed by atoms with van der Waals surface area (Å²) in [5.41, 5.74) is -0.220. The van der Waals surface area contributed by atoms with Gasteiger partial charge in [0.25, 0.3) is 10.0 Å². The van der Waals surface area contributed by atoms with E-state index in [1.54, 1.807) is 6.07 Å². The lowest BCUT2D eigenvalue weighted by molar-refractivity contribution is -0.137. The molecule has 0 atom stereocenters. The molecule has 0 fully saturated rings. The molecule has 0 aliphatic rings. The van der Waals surface area contributed by atoms with Crippen molar-refractivity contribution in [2.24, 2.45) is 0 Å². The number of aromatic carboxylic acids is 1. The van der Waals surface area contributed by atoms with Crippen LogP contribution in [0.25, 0.3) is 11.1 Å². The summed E-state index contributed by atoms with van der Waals surface area (Å²) in [6, 6.07) is 15.4. The van der Waals surface area contributed by atoms with E-state index in [9.17, 15) is 26.4 Å². The Morgan fingerprint density at radius 3 is 2.14 bits per heavy atom. The predicted octanol–water partition coefficient (Wildman–Crippen LogP) is 4.87. The van der Waals surface area contributed by atoms with Gasteiger partial charge in [-0.25, -0.2) is 13.2 Å². The van der Waals surface area contributed by atoms with Crippen LogP contribution in [0.2, 0.25) is 0 Å². The summed E-state index contributed by atoms with van der Waals surface area (Å²) in [7, 11) is -4.09. The van der Waals surface area contributed by atoms with Gasteiger partial charge in [-0.1, -0.05) is 30.3 Å². The van der Waals surface area contributed by atoms with Crippen LogP contribution in [0.15, 0.2) is 77.7 Å². The van der Waals surface area contributed by atoms with Crippen molar-refractivity contribution in [1.82, 2.24) is 0 Å². The molecule has 29 heavy (non-hydrogen) atoms. The maximum atomic E-state index is 12.9. The van der Waals surface area contributed by atoms with E-state index in [-0.39, 0.29) is 21.7 Å². The maximum Gasteiger partial charge on any atom is 0.416 e. The number of halogens is 3. The largest absolute Gasteiger partial charge is 0.478 e. The van der Waals surface area contributed by atoms with Gasteiger partial charge >= 0.3 is 12.1 Å². The Balaban J connectivity index is 1.93. The Morgan fingerprint density at radius 1 is 0.862 bits per heavy atom. The van der Waals surface area contributed by atoms with E-state index in [1.807, 2.05) is 0 Å². The third-order valence-electron chi connectivity index (χ3n) is 4.03. The van der Waals surface area contributed by atoms with Gasteiger partial charge in [0.1, 0.15) is 0 Å². The molecule has 0 aliphatic heterocycles. The van der Waals surface area contributed by atoms with E-state index in [1.165, 1.54) is 48.5 Å². The van der Waals surface area contributed by atoms with E-state index >= 15 is 0 Å². The number of hydrogen-bond acceptors (Lipinski definition) is 3. The van der Waals surface area contributed by atoms with Crippen LogP contribution in [0, 0.1) is 0 Å². The first-order valence-corrected chi connectivity index (χ1v) is 9.68. The summed E-state index contributed by atoms with van der Waals surface area (Å²) in [5, 5.41) is 9.01. The number of alkyl halides is 3. The molecule has 3 rings (SSSR count). The molecule has 2 N–H and O–H groups in total. The smallest absolute Gasteiger partial charge is 0.416 e. The van der Waals surface area contributed by atoms with E-state index in [2.05, 4.69) is 4.72 Å². The zero-order valence-corrected chi connectivity index (χ0v) is 15.5. The van der Waals surface area contributed by atoms with Crippen molar-refractivity contribution in [3.8, 4) is 11.1 Å². The Labute approximate surface area is 164 Å². The fraction of sp³-hybridized carbons (Fsp3) is 0.0500. The molecule has 3 aromatic rings. The zero-order chi connectivity index (χ0) is 21.2. The number of carboxylic acid groups (broad SMARTS) is 1. The minimum Gasteiger partial charge on any atom is -0.478 e. The quantitative estimate of drug-likeness (QED) is 0.616. The third kappa shape index (κ3) is 4.75. The van der Waals surface area contributed by atoms with Crippen molar-refractivity contribution < 1.29 is 31.5 Å². The summed E-state index contributed by atoms with van der Waals surface area (Å²) in [6.07, 6.45) is -4.50. The lowest BCUT2D eigenvalue weighted by Gasteiger charge is -2.12. The average molecular weight is 421 g/mol. The van der Waals surface area contributed by atoms with Crippen LogP contribution < -0.4 is 4.72 Å². The Hall–Kier alpha value is -3.33. The van der Waals surface area contributed by atoms with Crippen LogP contribution in [0.3, 0.4) is 0 Å². The van der Waals surface area contributed by atoms with E-state index in [0.29, 0.717) is 5.56 Å². The van der Waals surface area contributed by atoms with Crippen LogP contribution >= 0.6 is 0 Å². The van der Waals surface area contributed by atoms with Gasteiger partial charge in [0.15, 0.2) is 0 Å². The van der Waals surface area contributed by atoms with E-state index < -0.39 is 27.7 Å². The maximum absolute atomic E-state index is 12.9. The average Bonchev–Trinajstić information content (AvgIpc) is 2.67. The first kappa shape index (κ1) is 20.4. The lowest BCUT2D eigenvalue weighted by Crippen LogP contribution is -2.13. The van der Waals surface area contributed by atoms with Gasteiger partial charge < -0.3 is 5.11 Å². The highest BCUT2D eigenvalue weighted by molar-refractivity contribution is 7.92. The van der Waals surface area contributed by atoms with E-state index in [0.717, 1.165) is 18.2 Å². The zero-order valence-electron chi connectivity index (χ0n) is 14.6. The topological polar surface area (TPSA) is 83.5 Å². The second-order valence-electron chi connectivity index (χ2n) is 6.10. The van der Waals surface area contributed by atoms with Crippen molar-refractivity contribution in [2.45, 2.75) is 11.1 Å². The van der Waals surface area contributed by atoms with Crippen molar-refractivity contribution in [2.75, 3.05) is 4.72 Å². The minimum absolute atomic E-state index is 0.126. The number of rotatable bonds is 5. The second kappa shape index (κ2) is 7.59. The molecular formula is C20H14F3NO4S. The van der Waals surface area contributed by atoms with Crippen LogP contribution in [-0.4, -0.2) is 19.5 Å². The first-order valence-electron chi connectivity index (χ1n) is 8.20.